The topological polar surface area (TPSA) is 87.7 Å². The Morgan fingerprint density at radius 2 is 1.89 bits per heavy atom. The number of hydrogen-bond donors (Lipinski definition) is 2. The summed E-state index contributed by atoms with van der Waals surface area (Å²) in [5.41, 5.74) is 3.03. The molecule has 0 bridgehead atoms. The van der Waals surface area contributed by atoms with Crippen molar-refractivity contribution in [1.29, 1.82) is 0 Å². The maximum absolute atomic E-state index is 13.4. The van der Waals surface area contributed by atoms with Crippen LogP contribution in [-0.4, -0.2) is 46.4 Å². The van der Waals surface area contributed by atoms with Crippen LogP contribution >= 0.6 is 11.6 Å². The Morgan fingerprint density at radius 1 is 1.09 bits per heavy atom. The van der Waals surface area contributed by atoms with Crippen LogP contribution in [0.5, 0.6) is 17.2 Å². The molecule has 7 nitrogen and oxygen atoms in total. The number of carbonyl (C=O) groups excluding carboxylic acids is 1. The lowest BCUT2D eigenvalue weighted by Gasteiger charge is -2.27. The second-order valence-electron chi connectivity index (χ2n) is 8.74. The van der Waals surface area contributed by atoms with Crippen LogP contribution in [0.25, 0.3) is 11.3 Å². The molecule has 0 fully saturated rings. The van der Waals surface area contributed by atoms with Crippen molar-refractivity contribution < 1.29 is 19.4 Å². The monoisotopic (exact) mass is 497 g/mol. The fourth-order valence-corrected chi connectivity index (χ4v) is 4.69. The number of hydrogen-bond acceptors (Lipinski definition) is 5. The average molecular weight is 498 g/mol. The van der Waals surface area contributed by atoms with Gasteiger partial charge in [-0.1, -0.05) is 50.8 Å². The lowest BCUT2D eigenvalue weighted by Crippen LogP contribution is -2.30. The van der Waals surface area contributed by atoms with Gasteiger partial charge >= 0.3 is 0 Å². The first-order chi connectivity index (χ1) is 17.0. The number of phenolic OH excluding ortho intramolecular Hbond substituents is 1. The Labute approximate surface area is 211 Å². The van der Waals surface area contributed by atoms with Crippen LogP contribution in [0.4, 0.5) is 0 Å². The number of nitrogens with zero attached hydrogens (tertiary/aromatic N) is 2. The number of methoxy groups -OCH3 is 1. The minimum atomic E-state index is -0.390. The second-order valence-corrected chi connectivity index (χ2v) is 9.18. The number of ether oxygens (including phenoxy) is 2. The highest BCUT2D eigenvalue weighted by molar-refractivity contribution is 6.31. The van der Waals surface area contributed by atoms with Crippen LogP contribution in [0.15, 0.2) is 36.4 Å². The molecule has 186 valence electrons. The van der Waals surface area contributed by atoms with Crippen LogP contribution in [0.1, 0.15) is 73.6 Å². The van der Waals surface area contributed by atoms with E-state index >= 15 is 0 Å². The molecule has 0 saturated carbocycles. The van der Waals surface area contributed by atoms with Crippen molar-refractivity contribution in [3.63, 3.8) is 0 Å². The van der Waals surface area contributed by atoms with E-state index < -0.39 is 0 Å². The molecule has 1 atom stereocenters. The van der Waals surface area contributed by atoms with Crippen LogP contribution in [0, 0.1) is 0 Å². The molecular weight excluding hydrogens is 466 g/mol. The zero-order valence-corrected chi connectivity index (χ0v) is 21.2. The van der Waals surface area contributed by atoms with E-state index in [9.17, 15) is 9.90 Å². The quantitative estimate of drug-likeness (QED) is 0.301. The van der Waals surface area contributed by atoms with Gasteiger partial charge in [-0.15, -0.1) is 0 Å². The summed E-state index contributed by atoms with van der Waals surface area (Å²) in [7, 11) is 1.62. The van der Waals surface area contributed by atoms with Crippen molar-refractivity contribution in [2.75, 3.05) is 20.3 Å². The summed E-state index contributed by atoms with van der Waals surface area (Å²) in [6.07, 6.45) is 5.04. The normalized spacial score (nSPS) is 14.9. The number of nitrogens with one attached hydrogen (secondary N) is 1. The van der Waals surface area contributed by atoms with E-state index in [0.717, 1.165) is 43.2 Å². The Bertz CT molecular complexity index is 1190. The molecule has 2 aromatic carbocycles. The van der Waals surface area contributed by atoms with Crippen molar-refractivity contribution in [3.8, 4) is 28.5 Å². The molecule has 2 N–H and O–H groups in total. The highest BCUT2D eigenvalue weighted by Crippen LogP contribution is 2.46. The number of benzene rings is 2. The first-order valence-electron chi connectivity index (χ1n) is 12.2. The van der Waals surface area contributed by atoms with E-state index in [1.807, 2.05) is 23.1 Å². The van der Waals surface area contributed by atoms with Crippen molar-refractivity contribution in [1.82, 2.24) is 15.1 Å². The molecule has 1 amide bonds. The van der Waals surface area contributed by atoms with E-state index in [4.69, 9.17) is 21.1 Å². The van der Waals surface area contributed by atoms with Gasteiger partial charge in [0.1, 0.15) is 17.1 Å². The fourth-order valence-electron chi connectivity index (χ4n) is 4.51. The third-order valence-electron chi connectivity index (χ3n) is 6.34. The maximum atomic E-state index is 13.4. The SMILES string of the molecule is CCCCCOc1ccc(C2c3c(-c4cc(Cl)ccc4O)n[nH]c3C(=O)N2CCCC)cc1OC. The highest BCUT2D eigenvalue weighted by Gasteiger charge is 2.42. The fraction of sp³-hybridized carbons (Fsp3) is 0.407. The van der Waals surface area contributed by atoms with Gasteiger partial charge in [-0.25, -0.2) is 0 Å². The molecule has 4 rings (SSSR count). The van der Waals surface area contributed by atoms with E-state index in [1.165, 1.54) is 6.07 Å². The van der Waals surface area contributed by atoms with Gasteiger partial charge in [-0.05, 0) is 48.7 Å². The Morgan fingerprint density at radius 3 is 2.63 bits per heavy atom. The average Bonchev–Trinajstić information content (AvgIpc) is 3.40. The first kappa shape index (κ1) is 24.9. The first-order valence-corrected chi connectivity index (χ1v) is 12.6. The minimum absolute atomic E-state index is 0.0512. The van der Waals surface area contributed by atoms with E-state index in [1.54, 1.807) is 19.2 Å². The number of aromatic amines is 1. The van der Waals surface area contributed by atoms with Gasteiger partial charge in [0, 0.05) is 22.7 Å². The summed E-state index contributed by atoms with van der Waals surface area (Å²) in [6.45, 7) is 5.48. The van der Waals surface area contributed by atoms with Crippen LogP contribution in [0.2, 0.25) is 5.02 Å². The second kappa shape index (κ2) is 11.0. The number of aromatic hydroxyl groups is 1. The van der Waals surface area contributed by atoms with Crippen LogP contribution in [-0.2, 0) is 0 Å². The smallest absolute Gasteiger partial charge is 0.273 e. The lowest BCUT2D eigenvalue weighted by molar-refractivity contribution is 0.0741. The summed E-state index contributed by atoms with van der Waals surface area (Å²) in [6, 6.07) is 10.2. The van der Waals surface area contributed by atoms with E-state index in [-0.39, 0.29) is 17.7 Å². The summed E-state index contributed by atoms with van der Waals surface area (Å²) in [5.74, 6) is 1.23. The third kappa shape index (κ3) is 4.96. The molecule has 1 aromatic heterocycles. The number of fused-ring (bicyclic) bond motifs is 1. The summed E-state index contributed by atoms with van der Waals surface area (Å²) in [5, 5.41) is 18.4. The van der Waals surface area contributed by atoms with E-state index in [0.29, 0.717) is 46.6 Å². The van der Waals surface area contributed by atoms with Gasteiger partial charge in [-0.2, -0.15) is 5.10 Å². The number of unbranched alkanes of at least 4 members (excludes halogenated alkanes) is 3. The van der Waals surface area contributed by atoms with Crippen molar-refractivity contribution in [3.05, 3.63) is 58.2 Å². The molecule has 0 aliphatic carbocycles. The van der Waals surface area contributed by atoms with Crippen molar-refractivity contribution >= 4 is 17.5 Å². The number of rotatable bonds is 11. The number of aromatic nitrogens is 2. The third-order valence-corrected chi connectivity index (χ3v) is 6.57. The van der Waals surface area contributed by atoms with Gasteiger partial charge in [0.15, 0.2) is 11.5 Å². The summed E-state index contributed by atoms with van der Waals surface area (Å²) >= 11 is 6.23. The molecule has 8 heteroatoms. The predicted molar refractivity (Wildman–Crippen MR) is 136 cm³/mol. The molecule has 0 radical (unpaired) electrons. The summed E-state index contributed by atoms with van der Waals surface area (Å²) in [4.78, 5) is 15.3. The molecular formula is C27H32ClN3O4. The molecule has 0 saturated heterocycles. The maximum Gasteiger partial charge on any atom is 0.273 e. The molecule has 35 heavy (non-hydrogen) atoms. The zero-order valence-electron chi connectivity index (χ0n) is 20.4. The van der Waals surface area contributed by atoms with Gasteiger partial charge in [0.05, 0.1) is 19.8 Å². The highest BCUT2D eigenvalue weighted by atomic mass is 35.5. The number of H-pyrrole nitrogens is 1. The number of amides is 1. The number of halogens is 1. The number of carbonyl (C=O) groups is 1. The largest absolute Gasteiger partial charge is 0.507 e. The van der Waals surface area contributed by atoms with Crippen molar-refractivity contribution in [2.45, 2.75) is 52.0 Å². The van der Waals surface area contributed by atoms with Crippen LogP contribution in [0.3, 0.4) is 0 Å². The summed E-state index contributed by atoms with van der Waals surface area (Å²) < 4.78 is 11.6. The number of phenols is 1. The molecule has 1 aliphatic heterocycles. The standard InChI is InChI=1S/C27H32ClN3O4/c1-4-6-8-14-35-21-12-9-17(15-22(21)34-3)26-23-24(19-16-18(28)10-11-20(19)32)29-30-25(23)27(33)31(26)13-7-5-2/h9-12,15-16,26,32H,4-8,13-14H2,1-3H3,(H,29,30). The molecule has 1 unspecified atom stereocenters. The van der Waals surface area contributed by atoms with Gasteiger partial charge in [-0.3, -0.25) is 9.89 Å². The minimum Gasteiger partial charge on any atom is -0.507 e. The Hall–Kier alpha value is -3.19. The van der Waals surface area contributed by atoms with Gasteiger partial charge < -0.3 is 19.5 Å². The molecule has 3 aromatic rings. The van der Waals surface area contributed by atoms with Gasteiger partial charge in [0.2, 0.25) is 0 Å². The Kier molecular flexibility index (Phi) is 7.86. The zero-order chi connectivity index (χ0) is 24.9. The van der Waals surface area contributed by atoms with Crippen molar-refractivity contribution in [2.24, 2.45) is 0 Å². The van der Waals surface area contributed by atoms with Crippen LogP contribution < -0.4 is 9.47 Å². The predicted octanol–water partition coefficient (Wildman–Crippen LogP) is 6.36. The van der Waals surface area contributed by atoms with Gasteiger partial charge in [0.25, 0.3) is 5.91 Å². The molecule has 0 spiro atoms. The molecule has 1 aliphatic rings. The lowest BCUT2D eigenvalue weighted by atomic mass is 9.95. The molecule has 2 heterocycles. The Balaban J connectivity index is 1.78. The van der Waals surface area contributed by atoms with E-state index in [2.05, 4.69) is 24.0 Å².